The molecular weight excluding hydrogens is 550 g/mol. The molecule has 3 rings (SSSR count). The van der Waals surface area contributed by atoms with Gasteiger partial charge in [-0.3, -0.25) is 14.4 Å². The number of carbonyl (C=O) groups excluding carboxylic acids is 3. The number of phenolic OH excluding ortho intramolecular Hbond substituents is 1. The van der Waals surface area contributed by atoms with Crippen LogP contribution in [-0.2, 0) is 32.0 Å². The van der Waals surface area contributed by atoms with Gasteiger partial charge in [0.25, 0.3) is 0 Å². The average Bonchev–Trinajstić information content (AvgIpc) is 3.41. The highest BCUT2D eigenvalue weighted by atomic mass is 16.4. The second kappa shape index (κ2) is 15.2. The lowest BCUT2D eigenvalue weighted by Gasteiger charge is -2.28. The summed E-state index contributed by atoms with van der Waals surface area (Å²) in [5.41, 5.74) is 8.46. The summed E-state index contributed by atoms with van der Waals surface area (Å²) in [6, 6.07) is 9.42. The number of carboxylic acid groups (broad SMARTS) is 1. The van der Waals surface area contributed by atoms with Crippen molar-refractivity contribution in [3.8, 4) is 5.75 Å². The van der Waals surface area contributed by atoms with E-state index in [1.165, 1.54) is 12.1 Å². The van der Waals surface area contributed by atoms with E-state index in [9.17, 15) is 29.4 Å². The Bertz CT molecular complexity index is 1400. The Kier molecular flexibility index (Phi) is 11.7. The molecule has 3 amide bonds. The van der Waals surface area contributed by atoms with Crippen LogP contribution in [-0.4, -0.2) is 63.1 Å². The molecule has 6 atom stereocenters. The maximum atomic E-state index is 13.8. The van der Waals surface area contributed by atoms with Crippen LogP contribution in [0.5, 0.6) is 5.75 Å². The molecule has 0 fully saturated rings. The van der Waals surface area contributed by atoms with Crippen LogP contribution in [0, 0.1) is 11.8 Å². The summed E-state index contributed by atoms with van der Waals surface area (Å²) in [5.74, 6) is -3.37. The number of hydrogen-bond donors (Lipinski definition) is 7. The van der Waals surface area contributed by atoms with E-state index in [1.807, 2.05) is 45.0 Å². The topological polar surface area (TPSA) is 187 Å². The first kappa shape index (κ1) is 33.1. The van der Waals surface area contributed by atoms with Crippen LogP contribution < -0.4 is 21.7 Å². The number of amides is 3. The minimum atomic E-state index is -1.27. The number of hydrogen-bond acceptors (Lipinski definition) is 6. The van der Waals surface area contributed by atoms with Gasteiger partial charge in [-0.25, -0.2) is 4.79 Å². The van der Waals surface area contributed by atoms with Crippen LogP contribution in [0.1, 0.15) is 51.7 Å². The molecule has 1 heterocycles. The van der Waals surface area contributed by atoms with E-state index in [0.717, 1.165) is 16.5 Å². The number of aromatic amines is 1. The number of fused-ring (bicyclic) bond motifs is 1. The van der Waals surface area contributed by atoms with Gasteiger partial charge in [0.05, 0.1) is 6.04 Å². The van der Waals surface area contributed by atoms with Crippen molar-refractivity contribution >= 4 is 34.6 Å². The maximum absolute atomic E-state index is 13.8. The van der Waals surface area contributed by atoms with Crippen molar-refractivity contribution in [2.24, 2.45) is 17.6 Å². The number of carboxylic acids is 1. The van der Waals surface area contributed by atoms with E-state index in [1.54, 1.807) is 25.3 Å². The Labute approximate surface area is 251 Å². The van der Waals surface area contributed by atoms with E-state index in [0.29, 0.717) is 18.4 Å². The average molecular weight is 594 g/mol. The monoisotopic (exact) mass is 593 g/mol. The number of rotatable bonds is 15. The van der Waals surface area contributed by atoms with E-state index >= 15 is 0 Å². The van der Waals surface area contributed by atoms with Gasteiger partial charge in [-0.2, -0.15) is 0 Å². The number of phenols is 1. The molecule has 0 aliphatic carbocycles. The Morgan fingerprint density at radius 1 is 0.814 bits per heavy atom. The predicted molar refractivity (Wildman–Crippen MR) is 164 cm³/mol. The third-order valence-electron chi connectivity index (χ3n) is 8.08. The van der Waals surface area contributed by atoms with Crippen LogP contribution in [0.4, 0.5) is 0 Å². The summed E-state index contributed by atoms with van der Waals surface area (Å²) >= 11 is 0. The molecular formula is C32H43N5O6. The molecule has 232 valence electrons. The number of aromatic hydroxyl groups is 1. The van der Waals surface area contributed by atoms with E-state index in [-0.39, 0.29) is 30.4 Å². The van der Waals surface area contributed by atoms with Crippen LogP contribution in [0.3, 0.4) is 0 Å². The lowest BCUT2D eigenvalue weighted by molar-refractivity contribution is -0.142. The van der Waals surface area contributed by atoms with Gasteiger partial charge in [0, 0.05) is 29.9 Å². The normalized spacial score (nSPS) is 15.5. The Morgan fingerprint density at radius 2 is 1.44 bits per heavy atom. The number of benzene rings is 2. The van der Waals surface area contributed by atoms with Crippen LogP contribution >= 0.6 is 0 Å². The first-order chi connectivity index (χ1) is 20.4. The van der Waals surface area contributed by atoms with Gasteiger partial charge in [-0.1, -0.05) is 70.9 Å². The highest BCUT2D eigenvalue weighted by Gasteiger charge is 2.33. The molecule has 0 saturated carbocycles. The second-order valence-corrected chi connectivity index (χ2v) is 11.2. The number of aromatic nitrogens is 1. The Balaban J connectivity index is 1.84. The molecule has 2 aromatic carbocycles. The fourth-order valence-corrected chi connectivity index (χ4v) is 4.80. The minimum absolute atomic E-state index is 0.0186. The zero-order valence-electron chi connectivity index (χ0n) is 25.1. The molecule has 6 unspecified atom stereocenters. The van der Waals surface area contributed by atoms with Crippen molar-refractivity contribution in [1.82, 2.24) is 20.9 Å². The van der Waals surface area contributed by atoms with Crippen LogP contribution in [0.15, 0.2) is 54.7 Å². The fraction of sp³-hybridized carbons (Fsp3) is 0.438. The molecule has 0 bridgehead atoms. The number of nitrogens with two attached hydrogens (primary N) is 1. The molecule has 0 saturated heterocycles. The van der Waals surface area contributed by atoms with Crippen molar-refractivity contribution in [1.29, 1.82) is 0 Å². The SMILES string of the molecule is CCC(C)C(N)C(=O)NC(Cc1c[nH]c2ccccc12)C(=O)NC(C(=O)NC(Cc1ccc(O)cc1)C(=O)O)C(C)CC. The highest BCUT2D eigenvalue weighted by Crippen LogP contribution is 2.20. The van der Waals surface area contributed by atoms with Crippen molar-refractivity contribution in [2.45, 2.75) is 77.5 Å². The number of aliphatic carboxylic acids is 1. The van der Waals surface area contributed by atoms with Crippen molar-refractivity contribution < 1.29 is 29.4 Å². The first-order valence-corrected chi connectivity index (χ1v) is 14.7. The van der Waals surface area contributed by atoms with Crippen molar-refractivity contribution in [2.75, 3.05) is 0 Å². The van der Waals surface area contributed by atoms with Gasteiger partial charge in [0.2, 0.25) is 17.7 Å². The van der Waals surface area contributed by atoms with Gasteiger partial charge < -0.3 is 36.9 Å². The van der Waals surface area contributed by atoms with Gasteiger partial charge in [-0.15, -0.1) is 0 Å². The van der Waals surface area contributed by atoms with Gasteiger partial charge in [-0.05, 0) is 41.2 Å². The third kappa shape index (κ3) is 8.81. The maximum Gasteiger partial charge on any atom is 0.326 e. The molecule has 43 heavy (non-hydrogen) atoms. The summed E-state index contributed by atoms with van der Waals surface area (Å²) in [7, 11) is 0. The van der Waals surface area contributed by atoms with Crippen molar-refractivity contribution in [3.63, 3.8) is 0 Å². The summed E-state index contributed by atoms with van der Waals surface area (Å²) < 4.78 is 0. The van der Waals surface area contributed by atoms with Crippen LogP contribution in [0.25, 0.3) is 10.9 Å². The summed E-state index contributed by atoms with van der Waals surface area (Å²) in [5, 5.41) is 28.4. The molecule has 1 aromatic heterocycles. The molecule has 0 aliphatic rings. The van der Waals surface area contributed by atoms with E-state index < -0.39 is 47.9 Å². The third-order valence-corrected chi connectivity index (χ3v) is 8.08. The smallest absolute Gasteiger partial charge is 0.326 e. The molecule has 11 heteroatoms. The zero-order chi connectivity index (χ0) is 31.7. The summed E-state index contributed by atoms with van der Waals surface area (Å²) in [6.07, 6.45) is 3.11. The second-order valence-electron chi connectivity index (χ2n) is 11.2. The molecule has 0 aliphatic heterocycles. The van der Waals surface area contributed by atoms with Gasteiger partial charge in [0.1, 0.15) is 23.9 Å². The highest BCUT2D eigenvalue weighted by molar-refractivity contribution is 5.95. The summed E-state index contributed by atoms with van der Waals surface area (Å²) in [4.78, 5) is 55.6. The molecule has 0 spiro atoms. The standard InChI is InChI=1S/C32H43N5O6/c1-5-18(3)27(33)30(40)35-25(16-21-17-34-24-10-8-7-9-23(21)24)29(39)37-28(19(4)6-2)31(41)36-26(32(42)43)15-20-11-13-22(38)14-12-20/h7-14,17-19,25-28,34,38H,5-6,15-16,33H2,1-4H3,(H,35,40)(H,36,41)(H,37,39)(H,42,43). The van der Waals surface area contributed by atoms with Crippen LogP contribution in [0.2, 0.25) is 0 Å². The fourth-order valence-electron chi connectivity index (χ4n) is 4.80. The molecule has 0 radical (unpaired) electrons. The number of para-hydroxylation sites is 1. The minimum Gasteiger partial charge on any atom is -0.508 e. The Morgan fingerprint density at radius 3 is 2.07 bits per heavy atom. The molecule has 11 nitrogen and oxygen atoms in total. The Hall–Kier alpha value is -4.38. The largest absolute Gasteiger partial charge is 0.508 e. The van der Waals surface area contributed by atoms with Gasteiger partial charge >= 0.3 is 5.97 Å². The number of carbonyl (C=O) groups is 4. The first-order valence-electron chi connectivity index (χ1n) is 14.7. The summed E-state index contributed by atoms with van der Waals surface area (Å²) in [6.45, 7) is 7.43. The number of nitrogens with one attached hydrogen (secondary N) is 4. The zero-order valence-corrected chi connectivity index (χ0v) is 25.1. The lowest BCUT2D eigenvalue weighted by atomic mass is 9.95. The van der Waals surface area contributed by atoms with E-state index in [2.05, 4.69) is 20.9 Å². The predicted octanol–water partition coefficient (Wildman–Crippen LogP) is 2.62. The van der Waals surface area contributed by atoms with Gasteiger partial charge in [0.15, 0.2) is 0 Å². The quantitative estimate of drug-likeness (QED) is 0.141. The van der Waals surface area contributed by atoms with E-state index in [4.69, 9.17) is 5.73 Å². The van der Waals surface area contributed by atoms with Crippen molar-refractivity contribution in [3.05, 3.63) is 65.9 Å². The lowest BCUT2D eigenvalue weighted by Crippen LogP contribution is -2.59. The number of H-pyrrole nitrogens is 1. The molecule has 8 N–H and O–H groups in total. The molecule has 3 aromatic rings.